The summed E-state index contributed by atoms with van der Waals surface area (Å²) in [5.74, 6) is -0.0433. The van der Waals surface area contributed by atoms with Gasteiger partial charge in [0.25, 0.3) is 0 Å². The molecule has 0 bridgehead atoms. The Bertz CT molecular complexity index is 270. The number of aliphatic carboxylic acids is 1. The Morgan fingerprint density at radius 3 is 2.25 bits per heavy atom. The van der Waals surface area contributed by atoms with Gasteiger partial charge in [-0.2, -0.15) is 0 Å². The third-order valence-corrected chi connectivity index (χ3v) is 3.41. The summed E-state index contributed by atoms with van der Waals surface area (Å²) in [5, 5.41) is 11.4. The maximum Gasteiger partial charge on any atom is 0.303 e. The Labute approximate surface area is 122 Å². The van der Waals surface area contributed by atoms with Crippen molar-refractivity contribution in [1.29, 1.82) is 0 Å². The maximum atomic E-state index is 11.5. The number of carbonyl (C=O) groups is 2. The van der Waals surface area contributed by atoms with Crippen LogP contribution in [0.25, 0.3) is 0 Å². The molecular weight excluding hydrogens is 256 g/mol. The number of hydrogen-bond donors (Lipinski definition) is 3. The second-order valence-corrected chi connectivity index (χ2v) is 5.48. The summed E-state index contributed by atoms with van der Waals surface area (Å²) in [7, 11) is 0. The molecule has 0 saturated carbocycles. The van der Waals surface area contributed by atoms with E-state index in [0.29, 0.717) is 18.9 Å². The van der Waals surface area contributed by atoms with E-state index >= 15 is 0 Å². The van der Waals surface area contributed by atoms with Gasteiger partial charge in [-0.15, -0.1) is 0 Å². The first-order valence-corrected chi connectivity index (χ1v) is 7.74. The Kier molecular flexibility index (Phi) is 12.2. The van der Waals surface area contributed by atoms with E-state index in [1.807, 2.05) is 0 Å². The molecule has 4 N–H and O–H groups in total. The predicted molar refractivity (Wildman–Crippen MR) is 80.4 cm³/mol. The molecule has 0 aromatic rings. The summed E-state index contributed by atoms with van der Waals surface area (Å²) in [5.41, 5.74) is 5.47. The van der Waals surface area contributed by atoms with E-state index in [2.05, 4.69) is 12.2 Å². The van der Waals surface area contributed by atoms with Gasteiger partial charge in [0.05, 0.1) is 0 Å². The summed E-state index contributed by atoms with van der Waals surface area (Å²) in [4.78, 5) is 21.9. The highest BCUT2D eigenvalue weighted by Gasteiger charge is 2.04. The number of unbranched alkanes of at least 4 members (excludes halogenated alkanes) is 4. The van der Waals surface area contributed by atoms with Crippen LogP contribution in [0, 0.1) is 5.92 Å². The van der Waals surface area contributed by atoms with Gasteiger partial charge >= 0.3 is 5.97 Å². The molecule has 0 aliphatic heterocycles. The van der Waals surface area contributed by atoms with Crippen LogP contribution in [0.3, 0.4) is 0 Å². The van der Waals surface area contributed by atoms with Crippen molar-refractivity contribution in [3.05, 3.63) is 0 Å². The number of carbonyl (C=O) groups excluding carboxylic acids is 1. The third-order valence-electron chi connectivity index (χ3n) is 3.41. The van der Waals surface area contributed by atoms with Crippen molar-refractivity contribution in [3.8, 4) is 0 Å². The molecule has 0 rings (SSSR count). The van der Waals surface area contributed by atoms with Crippen LogP contribution in [-0.2, 0) is 9.59 Å². The molecule has 0 saturated heterocycles. The molecular formula is C15H30N2O3. The monoisotopic (exact) mass is 286 g/mol. The molecule has 20 heavy (non-hydrogen) atoms. The normalized spacial score (nSPS) is 12.1. The highest BCUT2D eigenvalue weighted by atomic mass is 16.4. The Morgan fingerprint density at radius 1 is 1.05 bits per heavy atom. The van der Waals surface area contributed by atoms with Crippen LogP contribution in [-0.4, -0.2) is 30.1 Å². The fourth-order valence-corrected chi connectivity index (χ4v) is 2.07. The lowest BCUT2D eigenvalue weighted by atomic mass is 10.0. The van der Waals surface area contributed by atoms with Crippen LogP contribution < -0.4 is 11.1 Å². The maximum absolute atomic E-state index is 11.5. The Hall–Kier alpha value is -1.10. The van der Waals surface area contributed by atoms with Crippen molar-refractivity contribution in [2.75, 3.05) is 13.1 Å². The molecule has 0 aromatic heterocycles. The molecule has 0 aliphatic carbocycles. The standard InChI is InChI=1S/C15H30N2O3/c1-13(9-11-16)10-12-17-14(18)7-5-3-2-4-6-8-15(19)20/h13H,2-12,16H2,1H3,(H,17,18)(H,19,20). The van der Waals surface area contributed by atoms with Crippen LogP contribution in [0.1, 0.15) is 64.7 Å². The average Bonchev–Trinajstić information content (AvgIpc) is 2.37. The Morgan fingerprint density at radius 2 is 1.65 bits per heavy atom. The Balaban J connectivity index is 3.30. The van der Waals surface area contributed by atoms with Crippen molar-refractivity contribution in [2.45, 2.75) is 64.7 Å². The summed E-state index contributed by atoms with van der Waals surface area (Å²) in [6.45, 7) is 3.59. The smallest absolute Gasteiger partial charge is 0.303 e. The van der Waals surface area contributed by atoms with E-state index in [4.69, 9.17) is 10.8 Å². The molecule has 0 radical (unpaired) electrons. The topological polar surface area (TPSA) is 92.4 Å². The highest BCUT2D eigenvalue weighted by molar-refractivity contribution is 5.75. The van der Waals surface area contributed by atoms with E-state index in [1.165, 1.54) is 0 Å². The van der Waals surface area contributed by atoms with Crippen LogP contribution in [0.4, 0.5) is 0 Å². The van der Waals surface area contributed by atoms with Gasteiger partial charge in [-0.05, 0) is 38.1 Å². The van der Waals surface area contributed by atoms with Crippen molar-refractivity contribution >= 4 is 11.9 Å². The van der Waals surface area contributed by atoms with Gasteiger partial charge in [0.2, 0.25) is 5.91 Å². The predicted octanol–water partition coefficient (Wildman–Crippen LogP) is 2.29. The molecule has 0 fully saturated rings. The van der Waals surface area contributed by atoms with Crippen LogP contribution in [0.2, 0.25) is 0 Å². The number of nitrogens with one attached hydrogen (secondary N) is 1. The number of amides is 1. The molecule has 5 heteroatoms. The van der Waals surface area contributed by atoms with Crippen LogP contribution in [0.5, 0.6) is 0 Å². The molecule has 5 nitrogen and oxygen atoms in total. The molecule has 118 valence electrons. The number of carboxylic acid groups (broad SMARTS) is 1. The molecule has 0 aliphatic rings. The largest absolute Gasteiger partial charge is 0.481 e. The SMILES string of the molecule is CC(CCN)CCNC(=O)CCCCCCCC(=O)O. The zero-order valence-electron chi connectivity index (χ0n) is 12.7. The zero-order valence-corrected chi connectivity index (χ0v) is 12.7. The van der Waals surface area contributed by atoms with Gasteiger partial charge in [-0.1, -0.05) is 26.2 Å². The minimum Gasteiger partial charge on any atom is -0.481 e. The van der Waals surface area contributed by atoms with Crippen molar-refractivity contribution < 1.29 is 14.7 Å². The van der Waals surface area contributed by atoms with Crippen molar-refractivity contribution in [2.24, 2.45) is 11.7 Å². The second-order valence-electron chi connectivity index (χ2n) is 5.48. The van der Waals surface area contributed by atoms with Crippen molar-refractivity contribution in [3.63, 3.8) is 0 Å². The summed E-state index contributed by atoms with van der Waals surface area (Å²) < 4.78 is 0. The number of rotatable bonds is 13. The molecule has 1 atom stereocenters. The fraction of sp³-hybridized carbons (Fsp3) is 0.867. The summed E-state index contributed by atoms with van der Waals surface area (Å²) in [6.07, 6.45) is 7.38. The minimum absolute atomic E-state index is 0.121. The van der Waals surface area contributed by atoms with E-state index < -0.39 is 5.97 Å². The van der Waals surface area contributed by atoms with Gasteiger partial charge in [0, 0.05) is 19.4 Å². The van der Waals surface area contributed by atoms with E-state index in [9.17, 15) is 9.59 Å². The lowest BCUT2D eigenvalue weighted by Gasteiger charge is -2.10. The molecule has 1 amide bonds. The van der Waals surface area contributed by atoms with Gasteiger partial charge in [-0.25, -0.2) is 0 Å². The first kappa shape index (κ1) is 18.9. The summed E-state index contributed by atoms with van der Waals surface area (Å²) in [6, 6.07) is 0. The minimum atomic E-state index is -0.728. The van der Waals surface area contributed by atoms with Crippen LogP contribution >= 0.6 is 0 Å². The lowest BCUT2D eigenvalue weighted by molar-refractivity contribution is -0.137. The molecule has 0 spiro atoms. The van der Waals surface area contributed by atoms with Gasteiger partial charge in [0.15, 0.2) is 0 Å². The van der Waals surface area contributed by atoms with Crippen molar-refractivity contribution in [1.82, 2.24) is 5.32 Å². The second kappa shape index (κ2) is 12.9. The van der Waals surface area contributed by atoms with Gasteiger partial charge in [-0.3, -0.25) is 9.59 Å². The molecule has 0 heterocycles. The number of carboxylic acids is 1. The highest BCUT2D eigenvalue weighted by Crippen LogP contribution is 2.07. The molecule has 1 unspecified atom stereocenters. The third kappa shape index (κ3) is 13.3. The van der Waals surface area contributed by atoms with E-state index in [1.54, 1.807) is 0 Å². The average molecular weight is 286 g/mol. The van der Waals surface area contributed by atoms with Crippen LogP contribution in [0.15, 0.2) is 0 Å². The van der Waals surface area contributed by atoms with E-state index in [0.717, 1.165) is 51.5 Å². The lowest BCUT2D eigenvalue weighted by Crippen LogP contribution is -2.25. The number of nitrogens with two attached hydrogens (primary N) is 1. The first-order valence-electron chi connectivity index (χ1n) is 7.74. The number of hydrogen-bond acceptors (Lipinski definition) is 3. The molecule has 0 aromatic carbocycles. The summed E-state index contributed by atoms with van der Waals surface area (Å²) >= 11 is 0. The zero-order chi connectivity index (χ0) is 15.2. The fourth-order valence-electron chi connectivity index (χ4n) is 2.07. The quantitative estimate of drug-likeness (QED) is 0.453. The van der Waals surface area contributed by atoms with Gasteiger partial charge in [0.1, 0.15) is 0 Å². The van der Waals surface area contributed by atoms with E-state index in [-0.39, 0.29) is 12.3 Å². The first-order chi connectivity index (χ1) is 9.56. The van der Waals surface area contributed by atoms with Gasteiger partial charge < -0.3 is 16.2 Å².